The summed E-state index contributed by atoms with van der Waals surface area (Å²) in [6.07, 6.45) is 0.252. The monoisotopic (exact) mass is 172 g/mol. The van der Waals surface area contributed by atoms with Gasteiger partial charge in [-0.2, -0.15) is 0 Å². The van der Waals surface area contributed by atoms with Crippen molar-refractivity contribution in [1.82, 2.24) is 0 Å². The number of rotatable bonds is 0. The first-order valence-electron chi connectivity index (χ1n) is 4.27. The summed E-state index contributed by atoms with van der Waals surface area (Å²) in [4.78, 5) is 10.9. The molecule has 12 heavy (non-hydrogen) atoms. The predicted molar refractivity (Wildman–Crippen MR) is 39.2 cm³/mol. The Kier molecular flexibility index (Phi) is 1.81. The molecule has 4 nitrogen and oxygen atoms in total. The fourth-order valence-corrected chi connectivity index (χ4v) is 2.06. The minimum absolute atomic E-state index is 0.179. The largest absolute Gasteiger partial charge is 0.457 e. The van der Waals surface area contributed by atoms with Crippen LogP contribution in [0.25, 0.3) is 0 Å². The molecule has 2 N–H and O–H groups in total. The summed E-state index contributed by atoms with van der Waals surface area (Å²) < 4.78 is 4.85. The van der Waals surface area contributed by atoms with Gasteiger partial charge < -0.3 is 14.9 Å². The highest BCUT2D eigenvalue weighted by molar-refractivity contribution is 5.77. The Bertz CT molecular complexity index is 203. The predicted octanol–water partition coefficient (Wildman–Crippen LogP) is -0.566. The summed E-state index contributed by atoms with van der Waals surface area (Å²) in [5.74, 6) is -0.757. The topological polar surface area (TPSA) is 66.8 Å². The zero-order valence-electron chi connectivity index (χ0n) is 6.64. The van der Waals surface area contributed by atoms with Gasteiger partial charge in [-0.15, -0.1) is 0 Å². The summed E-state index contributed by atoms with van der Waals surface area (Å²) in [6, 6.07) is 0. The van der Waals surface area contributed by atoms with E-state index in [9.17, 15) is 15.0 Å². The molecule has 0 bridgehead atoms. The van der Waals surface area contributed by atoms with Crippen LogP contribution in [0.3, 0.4) is 0 Å². The first-order chi connectivity index (χ1) is 5.70. The molecule has 0 amide bonds. The number of esters is 1. The lowest BCUT2D eigenvalue weighted by Crippen LogP contribution is -2.37. The Balaban J connectivity index is 2.16. The standard InChI is InChI=1S/C8H12O4/c9-5-3-1-2-4-6(10)8(11)12-7(4)5/h4-7,9-10H,1-3H2/t4-,5+,6+,7+/m0/s1. The molecule has 68 valence electrons. The number of hydrogen-bond acceptors (Lipinski definition) is 4. The van der Waals surface area contributed by atoms with Crippen molar-refractivity contribution in [2.75, 3.05) is 0 Å². The number of aliphatic hydroxyl groups is 2. The highest BCUT2D eigenvalue weighted by Gasteiger charge is 2.48. The third-order valence-corrected chi connectivity index (χ3v) is 2.74. The van der Waals surface area contributed by atoms with Crippen molar-refractivity contribution < 1.29 is 19.7 Å². The van der Waals surface area contributed by atoms with Crippen LogP contribution in [0.1, 0.15) is 19.3 Å². The number of aliphatic hydroxyl groups excluding tert-OH is 2. The first-order valence-corrected chi connectivity index (χ1v) is 4.27. The van der Waals surface area contributed by atoms with E-state index in [0.29, 0.717) is 6.42 Å². The van der Waals surface area contributed by atoms with Crippen LogP contribution in [-0.4, -0.2) is 34.5 Å². The molecule has 0 unspecified atom stereocenters. The molecule has 0 aromatic rings. The van der Waals surface area contributed by atoms with Crippen LogP contribution in [0, 0.1) is 5.92 Å². The molecule has 1 saturated carbocycles. The number of carbonyl (C=O) groups is 1. The van der Waals surface area contributed by atoms with E-state index in [1.54, 1.807) is 0 Å². The van der Waals surface area contributed by atoms with Crippen LogP contribution in [0.4, 0.5) is 0 Å². The summed E-state index contributed by atoms with van der Waals surface area (Å²) in [6.45, 7) is 0. The first kappa shape index (κ1) is 8.01. The summed E-state index contributed by atoms with van der Waals surface area (Å²) >= 11 is 0. The lowest BCUT2D eigenvalue weighted by atomic mass is 9.83. The zero-order chi connectivity index (χ0) is 8.72. The van der Waals surface area contributed by atoms with Crippen LogP contribution in [0.5, 0.6) is 0 Å². The van der Waals surface area contributed by atoms with Gasteiger partial charge in [0.1, 0.15) is 6.10 Å². The van der Waals surface area contributed by atoms with Gasteiger partial charge in [0.2, 0.25) is 0 Å². The molecule has 0 aromatic heterocycles. The van der Waals surface area contributed by atoms with Gasteiger partial charge in [-0.3, -0.25) is 0 Å². The minimum Gasteiger partial charge on any atom is -0.457 e. The number of carbonyl (C=O) groups excluding carboxylic acids is 1. The molecule has 2 fully saturated rings. The van der Waals surface area contributed by atoms with Crippen LogP contribution in [-0.2, 0) is 9.53 Å². The van der Waals surface area contributed by atoms with E-state index in [2.05, 4.69) is 0 Å². The van der Waals surface area contributed by atoms with E-state index in [0.717, 1.165) is 12.8 Å². The summed E-state index contributed by atoms with van der Waals surface area (Å²) in [7, 11) is 0. The SMILES string of the molecule is O=C1O[C@@H]2[C@@H](CCC[C@H]2O)[C@H]1O. The smallest absolute Gasteiger partial charge is 0.335 e. The summed E-state index contributed by atoms with van der Waals surface area (Å²) in [5.41, 5.74) is 0. The molecule has 1 heterocycles. The van der Waals surface area contributed by atoms with Gasteiger partial charge in [0, 0.05) is 5.92 Å². The normalized spacial score (nSPS) is 47.0. The molecule has 4 heteroatoms. The maximum absolute atomic E-state index is 10.9. The fraction of sp³-hybridized carbons (Fsp3) is 0.875. The molecular formula is C8H12O4. The average molecular weight is 172 g/mol. The van der Waals surface area contributed by atoms with Crippen molar-refractivity contribution in [3.05, 3.63) is 0 Å². The van der Waals surface area contributed by atoms with Crippen LogP contribution < -0.4 is 0 Å². The molecule has 1 saturated heterocycles. The Morgan fingerprint density at radius 2 is 2.08 bits per heavy atom. The van der Waals surface area contributed by atoms with Crippen molar-refractivity contribution in [1.29, 1.82) is 0 Å². The number of hydrogen-bond donors (Lipinski definition) is 2. The van der Waals surface area contributed by atoms with Crippen molar-refractivity contribution in [3.63, 3.8) is 0 Å². The van der Waals surface area contributed by atoms with Gasteiger partial charge in [-0.05, 0) is 12.8 Å². The Labute approximate surface area is 70.1 Å². The van der Waals surface area contributed by atoms with Crippen LogP contribution >= 0.6 is 0 Å². The summed E-state index contributed by atoms with van der Waals surface area (Å²) in [5, 5.41) is 18.8. The van der Waals surface area contributed by atoms with Gasteiger partial charge >= 0.3 is 5.97 Å². The van der Waals surface area contributed by atoms with Gasteiger partial charge in [-0.25, -0.2) is 4.79 Å². The molecule has 0 radical (unpaired) electrons. The molecule has 1 aliphatic carbocycles. The molecule has 1 aliphatic heterocycles. The fourth-order valence-electron chi connectivity index (χ4n) is 2.06. The van der Waals surface area contributed by atoms with Gasteiger partial charge in [0.15, 0.2) is 6.10 Å². The molecule has 0 spiro atoms. The Morgan fingerprint density at radius 3 is 2.75 bits per heavy atom. The average Bonchev–Trinajstić information content (AvgIpc) is 2.32. The molecule has 4 atom stereocenters. The number of ether oxygens (including phenoxy) is 1. The third kappa shape index (κ3) is 1.03. The van der Waals surface area contributed by atoms with Crippen molar-refractivity contribution in [3.8, 4) is 0 Å². The van der Waals surface area contributed by atoms with E-state index in [1.807, 2.05) is 0 Å². The lowest BCUT2D eigenvalue weighted by Gasteiger charge is -2.28. The second-order valence-corrected chi connectivity index (χ2v) is 3.51. The molecule has 0 aromatic carbocycles. The molecule has 2 rings (SSSR count). The Morgan fingerprint density at radius 1 is 1.33 bits per heavy atom. The maximum Gasteiger partial charge on any atom is 0.335 e. The highest BCUT2D eigenvalue weighted by atomic mass is 16.6. The van der Waals surface area contributed by atoms with Gasteiger partial charge in [0.05, 0.1) is 6.10 Å². The van der Waals surface area contributed by atoms with Gasteiger partial charge in [-0.1, -0.05) is 6.42 Å². The zero-order valence-corrected chi connectivity index (χ0v) is 6.64. The minimum atomic E-state index is -1.01. The third-order valence-electron chi connectivity index (χ3n) is 2.74. The van der Waals surface area contributed by atoms with Crippen LogP contribution in [0.2, 0.25) is 0 Å². The van der Waals surface area contributed by atoms with Gasteiger partial charge in [0.25, 0.3) is 0 Å². The lowest BCUT2D eigenvalue weighted by molar-refractivity contribution is -0.150. The highest BCUT2D eigenvalue weighted by Crippen LogP contribution is 2.35. The quantitative estimate of drug-likeness (QED) is 0.480. The van der Waals surface area contributed by atoms with Crippen molar-refractivity contribution in [2.24, 2.45) is 5.92 Å². The second-order valence-electron chi connectivity index (χ2n) is 3.51. The van der Waals surface area contributed by atoms with E-state index in [-0.39, 0.29) is 5.92 Å². The van der Waals surface area contributed by atoms with Crippen LogP contribution in [0.15, 0.2) is 0 Å². The number of fused-ring (bicyclic) bond motifs is 1. The van der Waals surface area contributed by atoms with Crippen molar-refractivity contribution >= 4 is 5.97 Å². The van der Waals surface area contributed by atoms with E-state index in [4.69, 9.17) is 4.74 Å². The Hall–Kier alpha value is -0.610. The maximum atomic E-state index is 10.9. The van der Waals surface area contributed by atoms with E-state index < -0.39 is 24.3 Å². The van der Waals surface area contributed by atoms with E-state index >= 15 is 0 Å². The van der Waals surface area contributed by atoms with Crippen molar-refractivity contribution in [2.45, 2.75) is 37.6 Å². The van der Waals surface area contributed by atoms with E-state index in [1.165, 1.54) is 0 Å². The second kappa shape index (κ2) is 2.71. The molecular weight excluding hydrogens is 160 g/mol. The molecule has 2 aliphatic rings.